The summed E-state index contributed by atoms with van der Waals surface area (Å²) in [5, 5.41) is 0. The lowest BCUT2D eigenvalue weighted by molar-refractivity contribution is 0.118. The SMILES string of the molecule is CC1(C)C2=C(CCCC2)C1(C)C. The predicted molar refractivity (Wildman–Crippen MR) is 53.1 cm³/mol. The number of hydrogen-bond donors (Lipinski definition) is 0. The third-order valence-corrected chi connectivity index (χ3v) is 4.54. The van der Waals surface area contributed by atoms with Crippen LogP contribution in [0.25, 0.3) is 0 Å². The van der Waals surface area contributed by atoms with Gasteiger partial charge in [-0.3, -0.25) is 0 Å². The van der Waals surface area contributed by atoms with Gasteiger partial charge in [-0.05, 0) is 36.5 Å². The van der Waals surface area contributed by atoms with E-state index in [4.69, 9.17) is 0 Å². The van der Waals surface area contributed by atoms with Crippen LogP contribution in [0.15, 0.2) is 11.1 Å². The second-order valence-corrected chi connectivity index (χ2v) is 5.41. The summed E-state index contributed by atoms with van der Waals surface area (Å²) in [6.45, 7) is 9.66. The zero-order valence-corrected chi connectivity index (χ0v) is 8.83. The first kappa shape index (κ1) is 8.34. The largest absolute Gasteiger partial charge is 0.0639 e. The van der Waals surface area contributed by atoms with Gasteiger partial charge in [0.25, 0.3) is 0 Å². The molecule has 68 valence electrons. The Balaban J connectivity index is 2.40. The summed E-state index contributed by atoms with van der Waals surface area (Å²) in [5.74, 6) is 0. The minimum absolute atomic E-state index is 0.489. The van der Waals surface area contributed by atoms with Crippen LogP contribution in [0, 0.1) is 10.8 Å². The fraction of sp³-hybridized carbons (Fsp3) is 0.833. The molecular weight excluding hydrogens is 144 g/mol. The fourth-order valence-electron chi connectivity index (χ4n) is 2.98. The Labute approximate surface area is 76.1 Å². The van der Waals surface area contributed by atoms with Crippen LogP contribution in [-0.2, 0) is 0 Å². The van der Waals surface area contributed by atoms with E-state index in [-0.39, 0.29) is 0 Å². The minimum atomic E-state index is 0.489. The Morgan fingerprint density at radius 3 is 1.42 bits per heavy atom. The third kappa shape index (κ3) is 0.739. The molecule has 0 bridgehead atoms. The highest BCUT2D eigenvalue weighted by Gasteiger charge is 2.52. The zero-order chi connectivity index (χ0) is 8.98. The van der Waals surface area contributed by atoms with Crippen LogP contribution in [0.3, 0.4) is 0 Å². The van der Waals surface area contributed by atoms with Crippen LogP contribution < -0.4 is 0 Å². The summed E-state index contributed by atoms with van der Waals surface area (Å²) >= 11 is 0. The van der Waals surface area contributed by atoms with E-state index in [0.717, 1.165) is 0 Å². The van der Waals surface area contributed by atoms with Crippen LogP contribution in [0.5, 0.6) is 0 Å². The quantitative estimate of drug-likeness (QED) is 0.476. The second-order valence-electron chi connectivity index (χ2n) is 5.41. The van der Waals surface area contributed by atoms with Gasteiger partial charge in [0, 0.05) is 0 Å². The van der Waals surface area contributed by atoms with E-state index in [0.29, 0.717) is 10.8 Å². The molecular formula is C12H20. The lowest BCUT2D eigenvalue weighted by Crippen LogP contribution is -2.47. The number of hydrogen-bond acceptors (Lipinski definition) is 0. The van der Waals surface area contributed by atoms with Crippen molar-refractivity contribution in [1.82, 2.24) is 0 Å². The van der Waals surface area contributed by atoms with Gasteiger partial charge in [-0.25, -0.2) is 0 Å². The van der Waals surface area contributed by atoms with E-state index in [1.807, 2.05) is 0 Å². The van der Waals surface area contributed by atoms with E-state index in [1.165, 1.54) is 25.7 Å². The molecule has 0 spiro atoms. The standard InChI is InChI=1S/C12H20/c1-11(2)9-7-5-6-8-10(9)12(11,3)4/h5-8H2,1-4H3. The van der Waals surface area contributed by atoms with Crippen molar-refractivity contribution in [1.29, 1.82) is 0 Å². The monoisotopic (exact) mass is 164 g/mol. The van der Waals surface area contributed by atoms with E-state index >= 15 is 0 Å². The summed E-state index contributed by atoms with van der Waals surface area (Å²) < 4.78 is 0. The molecule has 0 heterocycles. The van der Waals surface area contributed by atoms with E-state index < -0.39 is 0 Å². The maximum Gasteiger partial charge on any atom is -0.00534 e. The summed E-state index contributed by atoms with van der Waals surface area (Å²) in [6.07, 6.45) is 5.62. The first-order valence-electron chi connectivity index (χ1n) is 5.21. The molecule has 12 heavy (non-hydrogen) atoms. The molecule has 0 unspecified atom stereocenters. The smallest absolute Gasteiger partial charge is 0.00534 e. The van der Waals surface area contributed by atoms with Gasteiger partial charge in [-0.15, -0.1) is 0 Å². The number of rotatable bonds is 0. The average Bonchev–Trinajstić information content (AvgIpc) is 2.04. The van der Waals surface area contributed by atoms with E-state index in [1.54, 1.807) is 11.1 Å². The molecule has 0 saturated heterocycles. The van der Waals surface area contributed by atoms with E-state index in [2.05, 4.69) is 27.7 Å². The molecule has 2 rings (SSSR count). The van der Waals surface area contributed by atoms with Crippen molar-refractivity contribution in [2.45, 2.75) is 53.4 Å². The van der Waals surface area contributed by atoms with Crippen molar-refractivity contribution in [3.8, 4) is 0 Å². The van der Waals surface area contributed by atoms with Gasteiger partial charge in [0.15, 0.2) is 0 Å². The molecule has 0 saturated carbocycles. The Morgan fingerprint density at radius 1 is 0.750 bits per heavy atom. The van der Waals surface area contributed by atoms with Gasteiger partial charge < -0.3 is 0 Å². The van der Waals surface area contributed by atoms with Gasteiger partial charge >= 0.3 is 0 Å². The van der Waals surface area contributed by atoms with Crippen molar-refractivity contribution in [3.05, 3.63) is 11.1 Å². The Bertz CT molecular complexity index is 215. The summed E-state index contributed by atoms with van der Waals surface area (Å²) in [6, 6.07) is 0. The molecule has 0 aromatic heterocycles. The molecule has 0 aliphatic heterocycles. The molecule has 0 N–H and O–H groups in total. The zero-order valence-electron chi connectivity index (χ0n) is 8.83. The Morgan fingerprint density at radius 2 is 1.08 bits per heavy atom. The van der Waals surface area contributed by atoms with Gasteiger partial charge in [0.2, 0.25) is 0 Å². The van der Waals surface area contributed by atoms with E-state index in [9.17, 15) is 0 Å². The minimum Gasteiger partial charge on any atom is -0.0639 e. The summed E-state index contributed by atoms with van der Waals surface area (Å²) in [4.78, 5) is 0. The second kappa shape index (κ2) is 2.16. The maximum absolute atomic E-state index is 2.41. The van der Waals surface area contributed by atoms with Crippen LogP contribution in [-0.4, -0.2) is 0 Å². The summed E-state index contributed by atoms with van der Waals surface area (Å²) in [7, 11) is 0. The molecule has 0 heteroatoms. The van der Waals surface area contributed by atoms with Crippen LogP contribution >= 0.6 is 0 Å². The molecule has 0 atom stereocenters. The molecule has 0 amide bonds. The first-order chi connectivity index (χ1) is 5.48. The lowest BCUT2D eigenvalue weighted by atomic mass is 9.47. The lowest BCUT2D eigenvalue weighted by Gasteiger charge is -2.58. The van der Waals surface area contributed by atoms with Crippen LogP contribution in [0.4, 0.5) is 0 Å². The molecule has 0 radical (unpaired) electrons. The van der Waals surface area contributed by atoms with Gasteiger partial charge in [0.05, 0.1) is 0 Å². The van der Waals surface area contributed by atoms with Crippen molar-refractivity contribution in [2.24, 2.45) is 10.8 Å². The normalized spacial score (nSPS) is 31.0. The highest BCUT2D eigenvalue weighted by atomic mass is 14.6. The van der Waals surface area contributed by atoms with Crippen LogP contribution in [0.2, 0.25) is 0 Å². The van der Waals surface area contributed by atoms with Gasteiger partial charge in [0.1, 0.15) is 0 Å². The molecule has 2 aliphatic carbocycles. The maximum atomic E-state index is 2.41. The van der Waals surface area contributed by atoms with Crippen molar-refractivity contribution >= 4 is 0 Å². The Hall–Kier alpha value is -0.260. The fourth-order valence-corrected chi connectivity index (χ4v) is 2.98. The molecule has 2 aliphatic rings. The summed E-state index contributed by atoms with van der Waals surface area (Å²) in [5.41, 5.74) is 4.56. The third-order valence-electron chi connectivity index (χ3n) is 4.54. The highest BCUT2D eigenvalue weighted by Crippen LogP contribution is 2.63. The van der Waals surface area contributed by atoms with Crippen LogP contribution in [0.1, 0.15) is 53.4 Å². The molecule has 0 aromatic carbocycles. The topological polar surface area (TPSA) is 0 Å². The predicted octanol–water partition coefficient (Wildman–Crippen LogP) is 3.92. The number of allylic oxidation sites excluding steroid dienone is 2. The van der Waals surface area contributed by atoms with Crippen molar-refractivity contribution in [3.63, 3.8) is 0 Å². The molecule has 0 nitrogen and oxygen atoms in total. The highest BCUT2D eigenvalue weighted by molar-refractivity contribution is 5.42. The molecule has 0 aromatic rings. The Kier molecular flexibility index (Phi) is 1.50. The van der Waals surface area contributed by atoms with Crippen molar-refractivity contribution in [2.75, 3.05) is 0 Å². The van der Waals surface area contributed by atoms with Gasteiger partial charge in [-0.2, -0.15) is 0 Å². The van der Waals surface area contributed by atoms with Crippen molar-refractivity contribution < 1.29 is 0 Å². The average molecular weight is 164 g/mol. The first-order valence-corrected chi connectivity index (χ1v) is 5.21. The van der Waals surface area contributed by atoms with Gasteiger partial charge in [-0.1, -0.05) is 38.8 Å². The molecule has 0 fully saturated rings.